The monoisotopic (exact) mass is 346 g/mol. The molecule has 19 heavy (non-hydrogen) atoms. The number of aryl methyl sites for hydroxylation is 1. The zero-order chi connectivity index (χ0) is 13.7. The van der Waals surface area contributed by atoms with Crippen molar-refractivity contribution in [3.8, 4) is 0 Å². The first-order valence-electron chi connectivity index (χ1n) is 6.52. The van der Waals surface area contributed by atoms with Gasteiger partial charge in [0, 0.05) is 44.2 Å². The van der Waals surface area contributed by atoms with Crippen LogP contribution in [0.15, 0.2) is 15.5 Å². The fourth-order valence-corrected chi connectivity index (χ4v) is 3.41. The predicted octanol–water partition coefficient (Wildman–Crippen LogP) is 1.49. The second kappa shape index (κ2) is 7.31. The van der Waals surface area contributed by atoms with E-state index in [4.69, 9.17) is 0 Å². The van der Waals surface area contributed by atoms with Crippen molar-refractivity contribution < 1.29 is 0 Å². The summed E-state index contributed by atoms with van der Waals surface area (Å²) in [6.07, 6.45) is 1.71. The first kappa shape index (κ1) is 14.9. The Bertz CT molecular complexity index is 473. The SMILES string of the molecule is CCn1ncc(NCCN2CCSCC2)c(Br)c1=O. The van der Waals surface area contributed by atoms with Crippen LogP contribution < -0.4 is 10.9 Å². The molecule has 2 rings (SSSR count). The molecule has 106 valence electrons. The zero-order valence-corrected chi connectivity index (χ0v) is 13.5. The van der Waals surface area contributed by atoms with Crippen LogP contribution in [-0.2, 0) is 6.54 Å². The molecule has 1 fully saturated rings. The third-order valence-electron chi connectivity index (χ3n) is 3.13. The van der Waals surface area contributed by atoms with E-state index in [1.54, 1.807) is 6.20 Å². The van der Waals surface area contributed by atoms with E-state index < -0.39 is 0 Å². The standard InChI is InChI=1S/C12H19BrN4OS/c1-2-17-12(18)11(13)10(9-15-17)14-3-4-16-5-7-19-8-6-16/h9,14H,2-8H2,1H3. The number of hydrogen-bond acceptors (Lipinski definition) is 5. The summed E-state index contributed by atoms with van der Waals surface area (Å²) in [6.45, 7) is 6.64. The van der Waals surface area contributed by atoms with E-state index in [2.05, 4.69) is 31.2 Å². The Kier molecular flexibility index (Phi) is 5.72. The van der Waals surface area contributed by atoms with Crippen LogP contribution in [-0.4, -0.2) is 52.4 Å². The van der Waals surface area contributed by atoms with Gasteiger partial charge in [-0.05, 0) is 22.9 Å². The van der Waals surface area contributed by atoms with Gasteiger partial charge >= 0.3 is 0 Å². The van der Waals surface area contributed by atoms with Crippen molar-refractivity contribution in [2.75, 3.05) is 43.0 Å². The minimum atomic E-state index is -0.0816. The number of rotatable bonds is 5. The Balaban J connectivity index is 1.89. The summed E-state index contributed by atoms with van der Waals surface area (Å²) >= 11 is 5.36. The highest BCUT2D eigenvalue weighted by Crippen LogP contribution is 2.16. The fraction of sp³-hybridized carbons (Fsp3) is 0.667. The lowest BCUT2D eigenvalue weighted by molar-refractivity contribution is 0.314. The number of anilines is 1. The normalized spacial score (nSPS) is 16.5. The van der Waals surface area contributed by atoms with Gasteiger partial charge in [-0.1, -0.05) is 0 Å². The average molecular weight is 347 g/mol. The summed E-state index contributed by atoms with van der Waals surface area (Å²) in [4.78, 5) is 14.3. The van der Waals surface area contributed by atoms with Crippen LogP contribution in [0.25, 0.3) is 0 Å². The van der Waals surface area contributed by atoms with E-state index in [9.17, 15) is 4.79 Å². The molecule has 1 aromatic rings. The largest absolute Gasteiger partial charge is 0.381 e. The molecule has 0 radical (unpaired) electrons. The van der Waals surface area contributed by atoms with Crippen molar-refractivity contribution in [3.05, 3.63) is 21.0 Å². The van der Waals surface area contributed by atoms with Crippen LogP contribution in [0.4, 0.5) is 5.69 Å². The van der Waals surface area contributed by atoms with Gasteiger partial charge in [-0.25, -0.2) is 4.68 Å². The van der Waals surface area contributed by atoms with E-state index in [0.29, 0.717) is 11.0 Å². The van der Waals surface area contributed by atoms with Gasteiger partial charge < -0.3 is 5.32 Å². The maximum Gasteiger partial charge on any atom is 0.283 e. The third-order valence-corrected chi connectivity index (χ3v) is 4.84. The lowest BCUT2D eigenvalue weighted by atomic mass is 10.4. The van der Waals surface area contributed by atoms with E-state index in [-0.39, 0.29) is 5.56 Å². The van der Waals surface area contributed by atoms with Crippen LogP contribution in [0.5, 0.6) is 0 Å². The maximum absolute atomic E-state index is 11.9. The van der Waals surface area contributed by atoms with Crippen LogP contribution in [0.1, 0.15) is 6.92 Å². The molecule has 1 aromatic heterocycles. The molecular weight excluding hydrogens is 328 g/mol. The predicted molar refractivity (Wildman–Crippen MR) is 84.1 cm³/mol. The van der Waals surface area contributed by atoms with Crippen molar-refractivity contribution in [3.63, 3.8) is 0 Å². The molecule has 0 atom stereocenters. The molecule has 0 spiro atoms. The Morgan fingerprint density at radius 2 is 2.21 bits per heavy atom. The van der Waals surface area contributed by atoms with E-state index in [1.807, 2.05) is 18.7 Å². The summed E-state index contributed by atoms with van der Waals surface area (Å²) in [5.41, 5.74) is 0.697. The van der Waals surface area contributed by atoms with Gasteiger partial charge in [0.15, 0.2) is 0 Å². The summed E-state index contributed by atoms with van der Waals surface area (Å²) < 4.78 is 2.01. The van der Waals surface area contributed by atoms with Crippen LogP contribution in [0, 0.1) is 0 Å². The van der Waals surface area contributed by atoms with Crippen molar-refractivity contribution in [1.29, 1.82) is 0 Å². The summed E-state index contributed by atoms with van der Waals surface area (Å²) in [5, 5.41) is 7.40. The molecule has 0 aliphatic carbocycles. The number of aromatic nitrogens is 2. The Morgan fingerprint density at radius 1 is 1.47 bits per heavy atom. The highest BCUT2D eigenvalue weighted by molar-refractivity contribution is 9.10. The first-order chi connectivity index (χ1) is 9.22. The molecule has 0 amide bonds. The zero-order valence-electron chi connectivity index (χ0n) is 11.1. The molecule has 0 unspecified atom stereocenters. The molecule has 0 bridgehead atoms. The number of hydrogen-bond donors (Lipinski definition) is 1. The van der Waals surface area contributed by atoms with Gasteiger partial charge in [-0.15, -0.1) is 0 Å². The Hall–Kier alpha value is -0.530. The van der Waals surface area contributed by atoms with Crippen molar-refractivity contribution in [1.82, 2.24) is 14.7 Å². The maximum atomic E-state index is 11.9. The van der Waals surface area contributed by atoms with Gasteiger partial charge in [0.05, 0.1) is 11.9 Å². The Labute approximate surface area is 125 Å². The molecule has 1 N–H and O–H groups in total. The molecule has 1 aliphatic heterocycles. The highest BCUT2D eigenvalue weighted by atomic mass is 79.9. The molecule has 5 nitrogen and oxygen atoms in total. The lowest BCUT2D eigenvalue weighted by Crippen LogP contribution is -2.36. The number of nitrogens with one attached hydrogen (secondary N) is 1. The van der Waals surface area contributed by atoms with Gasteiger partial charge in [-0.2, -0.15) is 16.9 Å². The van der Waals surface area contributed by atoms with E-state index >= 15 is 0 Å². The summed E-state index contributed by atoms with van der Waals surface area (Å²) in [7, 11) is 0. The summed E-state index contributed by atoms with van der Waals surface area (Å²) in [6, 6.07) is 0. The van der Waals surface area contributed by atoms with Crippen molar-refractivity contribution >= 4 is 33.4 Å². The molecule has 0 aromatic carbocycles. The molecule has 2 heterocycles. The van der Waals surface area contributed by atoms with Gasteiger partial charge in [-0.3, -0.25) is 9.69 Å². The van der Waals surface area contributed by atoms with E-state index in [1.165, 1.54) is 16.2 Å². The molecule has 7 heteroatoms. The second-order valence-electron chi connectivity index (χ2n) is 4.37. The topological polar surface area (TPSA) is 50.2 Å². The average Bonchev–Trinajstić information content (AvgIpc) is 2.45. The van der Waals surface area contributed by atoms with Crippen LogP contribution in [0.2, 0.25) is 0 Å². The molecule has 1 aliphatic rings. The quantitative estimate of drug-likeness (QED) is 0.875. The van der Waals surface area contributed by atoms with Gasteiger partial charge in [0.2, 0.25) is 0 Å². The van der Waals surface area contributed by atoms with Crippen LogP contribution >= 0.6 is 27.7 Å². The third kappa shape index (κ3) is 3.97. The molecule has 0 saturated carbocycles. The smallest absolute Gasteiger partial charge is 0.283 e. The minimum absolute atomic E-state index is 0.0816. The minimum Gasteiger partial charge on any atom is -0.381 e. The summed E-state index contributed by atoms with van der Waals surface area (Å²) in [5.74, 6) is 2.44. The van der Waals surface area contributed by atoms with Gasteiger partial charge in [0.25, 0.3) is 5.56 Å². The number of nitrogens with zero attached hydrogens (tertiary/aromatic N) is 3. The Morgan fingerprint density at radius 3 is 2.89 bits per heavy atom. The van der Waals surface area contributed by atoms with E-state index in [0.717, 1.165) is 31.9 Å². The lowest BCUT2D eigenvalue weighted by Gasteiger charge is -2.26. The molecular formula is C12H19BrN4OS. The van der Waals surface area contributed by atoms with Gasteiger partial charge in [0.1, 0.15) is 4.47 Å². The van der Waals surface area contributed by atoms with Crippen LogP contribution in [0.3, 0.4) is 0 Å². The number of thioether (sulfide) groups is 1. The van der Waals surface area contributed by atoms with Crippen molar-refractivity contribution in [2.45, 2.75) is 13.5 Å². The molecule has 1 saturated heterocycles. The first-order valence-corrected chi connectivity index (χ1v) is 8.46. The second-order valence-corrected chi connectivity index (χ2v) is 6.39. The van der Waals surface area contributed by atoms with Crippen molar-refractivity contribution in [2.24, 2.45) is 0 Å². The highest BCUT2D eigenvalue weighted by Gasteiger charge is 2.11. The fourth-order valence-electron chi connectivity index (χ4n) is 1.99. The number of halogens is 1.